The van der Waals surface area contributed by atoms with E-state index in [0.717, 1.165) is 11.1 Å². The van der Waals surface area contributed by atoms with E-state index in [1.54, 1.807) is 16.8 Å². The SMILES string of the molecule is COc1cc(CN(C)Cn2nc(-c3ccccc3)oc2=S)ccc1OC(F)F. The Kier molecular flexibility index (Phi) is 6.37. The van der Waals surface area contributed by atoms with E-state index in [9.17, 15) is 8.78 Å². The number of alkyl halides is 2. The van der Waals surface area contributed by atoms with Gasteiger partial charge in [0.2, 0.25) is 5.89 Å². The van der Waals surface area contributed by atoms with Gasteiger partial charge in [-0.05, 0) is 49.1 Å². The summed E-state index contributed by atoms with van der Waals surface area (Å²) in [4.78, 5) is 2.22. The van der Waals surface area contributed by atoms with E-state index in [4.69, 9.17) is 21.4 Å². The third kappa shape index (κ3) is 4.93. The van der Waals surface area contributed by atoms with Crippen molar-refractivity contribution in [1.82, 2.24) is 14.7 Å². The van der Waals surface area contributed by atoms with E-state index in [1.807, 2.05) is 42.3 Å². The Labute approximate surface area is 165 Å². The zero-order chi connectivity index (χ0) is 20.1. The first kappa shape index (κ1) is 20.0. The first-order valence-electron chi connectivity index (χ1n) is 8.40. The maximum atomic E-state index is 12.4. The molecule has 0 unspecified atom stereocenters. The van der Waals surface area contributed by atoms with Gasteiger partial charge in [-0.25, -0.2) is 4.68 Å². The van der Waals surface area contributed by atoms with Crippen molar-refractivity contribution < 1.29 is 22.7 Å². The van der Waals surface area contributed by atoms with Gasteiger partial charge in [-0.3, -0.25) is 4.90 Å². The van der Waals surface area contributed by atoms with E-state index in [1.165, 1.54) is 13.2 Å². The van der Waals surface area contributed by atoms with Gasteiger partial charge >= 0.3 is 6.61 Å². The van der Waals surface area contributed by atoms with Crippen LogP contribution in [0.25, 0.3) is 11.5 Å². The molecule has 0 bridgehead atoms. The van der Waals surface area contributed by atoms with Gasteiger partial charge in [-0.2, -0.15) is 8.78 Å². The topological polar surface area (TPSA) is 52.7 Å². The molecule has 0 aliphatic carbocycles. The summed E-state index contributed by atoms with van der Waals surface area (Å²) in [5.41, 5.74) is 1.70. The zero-order valence-corrected chi connectivity index (χ0v) is 16.2. The summed E-state index contributed by atoms with van der Waals surface area (Å²) in [5, 5.41) is 4.42. The Balaban J connectivity index is 1.70. The van der Waals surface area contributed by atoms with E-state index < -0.39 is 6.61 Å². The normalized spacial score (nSPS) is 11.2. The van der Waals surface area contributed by atoms with Crippen molar-refractivity contribution in [3.8, 4) is 23.0 Å². The lowest BCUT2D eigenvalue weighted by atomic mass is 10.2. The molecule has 0 aliphatic rings. The van der Waals surface area contributed by atoms with Gasteiger partial charge in [0.1, 0.15) is 0 Å². The summed E-state index contributed by atoms with van der Waals surface area (Å²) in [6.45, 7) is -2.00. The Hall–Kier alpha value is -2.78. The molecule has 3 aromatic rings. The van der Waals surface area contributed by atoms with Crippen LogP contribution in [0.1, 0.15) is 5.56 Å². The highest BCUT2D eigenvalue weighted by molar-refractivity contribution is 7.71. The molecule has 0 atom stereocenters. The third-order valence-electron chi connectivity index (χ3n) is 3.90. The number of halogens is 2. The van der Waals surface area contributed by atoms with Crippen molar-refractivity contribution in [2.24, 2.45) is 0 Å². The first-order chi connectivity index (χ1) is 13.5. The van der Waals surface area contributed by atoms with Crippen LogP contribution in [0.4, 0.5) is 8.78 Å². The number of benzene rings is 2. The van der Waals surface area contributed by atoms with Crippen molar-refractivity contribution in [2.45, 2.75) is 19.8 Å². The molecule has 0 aliphatic heterocycles. The van der Waals surface area contributed by atoms with E-state index in [-0.39, 0.29) is 16.3 Å². The summed E-state index contributed by atoms with van der Waals surface area (Å²) < 4.78 is 41.6. The Bertz CT molecular complexity index is 976. The minimum absolute atomic E-state index is 0.00451. The summed E-state index contributed by atoms with van der Waals surface area (Å²) in [6.07, 6.45) is 0. The standard InChI is InChI=1S/C19H19F2N3O3S/c1-23(11-13-8-9-15(26-18(20)21)16(10-13)25-2)12-24-19(28)27-17(22-24)14-6-4-3-5-7-14/h3-10,18H,11-12H2,1-2H3. The van der Waals surface area contributed by atoms with Crippen LogP contribution in [-0.4, -0.2) is 35.4 Å². The highest BCUT2D eigenvalue weighted by Crippen LogP contribution is 2.29. The van der Waals surface area contributed by atoms with Crippen molar-refractivity contribution >= 4 is 12.2 Å². The van der Waals surface area contributed by atoms with Crippen LogP contribution in [0.15, 0.2) is 52.9 Å². The first-order valence-corrected chi connectivity index (χ1v) is 8.80. The fourth-order valence-electron chi connectivity index (χ4n) is 2.69. The average Bonchev–Trinajstić information content (AvgIpc) is 3.03. The second-order valence-electron chi connectivity index (χ2n) is 6.06. The minimum atomic E-state index is -2.91. The van der Waals surface area contributed by atoms with Crippen molar-refractivity contribution in [3.05, 3.63) is 58.9 Å². The highest BCUT2D eigenvalue weighted by atomic mass is 32.1. The van der Waals surface area contributed by atoms with Gasteiger partial charge in [0, 0.05) is 12.1 Å². The number of nitrogens with zero attached hydrogens (tertiary/aromatic N) is 3. The molecule has 0 amide bonds. The van der Waals surface area contributed by atoms with Gasteiger partial charge < -0.3 is 13.9 Å². The van der Waals surface area contributed by atoms with Gasteiger partial charge in [0.15, 0.2) is 11.5 Å². The third-order valence-corrected chi connectivity index (χ3v) is 4.19. The van der Waals surface area contributed by atoms with Gasteiger partial charge in [0.05, 0.1) is 13.8 Å². The molecule has 0 fully saturated rings. The summed E-state index contributed by atoms with van der Waals surface area (Å²) in [6, 6.07) is 14.3. The molecule has 2 aromatic carbocycles. The second kappa shape index (κ2) is 8.94. The number of hydrogen-bond acceptors (Lipinski definition) is 6. The molecule has 148 valence electrons. The van der Waals surface area contributed by atoms with Crippen LogP contribution in [0.2, 0.25) is 0 Å². The number of aromatic nitrogens is 2. The summed E-state index contributed by atoms with van der Waals surface area (Å²) >= 11 is 5.25. The van der Waals surface area contributed by atoms with Crippen molar-refractivity contribution in [2.75, 3.05) is 14.2 Å². The highest BCUT2D eigenvalue weighted by Gasteiger charge is 2.13. The largest absolute Gasteiger partial charge is 0.493 e. The van der Waals surface area contributed by atoms with E-state index >= 15 is 0 Å². The molecule has 3 rings (SSSR count). The molecule has 0 radical (unpaired) electrons. The average molecular weight is 407 g/mol. The molecular weight excluding hydrogens is 388 g/mol. The summed E-state index contributed by atoms with van der Waals surface area (Å²) in [7, 11) is 3.29. The number of hydrogen-bond donors (Lipinski definition) is 0. The second-order valence-corrected chi connectivity index (χ2v) is 6.41. The molecule has 0 spiro atoms. The van der Waals surface area contributed by atoms with Crippen LogP contribution in [-0.2, 0) is 13.2 Å². The predicted octanol–water partition coefficient (Wildman–Crippen LogP) is 4.57. The van der Waals surface area contributed by atoms with Crippen molar-refractivity contribution in [1.29, 1.82) is 0 Å². The minimum Gasteiger partial charge on any atom is -0.493 e. The molecule has 0 N–H and O–H groups in total. The van der Waals surface area contributed by atoms with Gasteiger partial charge in [-0.15, -0.1) is 5.10 Å². The summed E-state index contributed by atoms with van der Waals surface area (Å²) in [5.74, 6) is 0.694. The van der Waals surface area contributed by atoms with Crippen LogP contribution in [0, 0.1) is 4.84 Å². The number of rotatable bonds is 8. The quantitative estimate of drug-likeness (QED) is 0.510. The molecular formula is C19H19F2N3O3S. The maximum Gasteiger partial charge on any atom is 0.387 e. The van der Waals surface area contributed by atoms with Crippen LogP contribution in [0.3, 0.4) is 0 Å². The van der Waals surface area contributed by atoms with Crippen molar-refractivity contribution in [3.63, 3.8) is 0 Å². The van der Waals surface area contributed by atoms with E-state index in [2.05, 4.69) is 9.84 Å². The Morgan fingerprint density at radius 2 is 1.93 bits per heavy atom. The fraction of sp³-hybridized carbons (Fsp3) is 0.263. The number of ether oxygens (including phenoxy) is 2. The molecule has 0 saturated carbocycles. The fourth-order valence-corrected chi connectivity index (χ4v) is 2.86. The van der Waals surface area contributed by atoms with Crippen LogP contribution >= 0.6 is 12.2 Å². The Morgan fingerprint density at radius 1 is 1.18 bits per heavy atom. The lowest BCUT2D eigenvalue weighted by molar-refractivity contribution is -0.0512. The molecule has 9 heteroatoms. The predicted molar refractivity (Wildman–Crippen MR) is 102 cm³/mol. The molecule has 28 heavy (non-hydrogen) atoms. The lowest BCUT2D eigenvalue weighted by Gasteiger charge is -2.17. The smallest absolute Gasteiger partial charge is 0.387 e. The monoisotopic (exact) mass is 407 g/mol. The maximum absolute atomic E-state index is 12.4. The molecule has 1 heterocycles. The Morgan fingerprint density at radius 3 is 2.61 bits per heavy atom. The van der Waals surface area contributed by atoms with Gasteiger partial charge in [0.25, 0.3) is 4.84 Å². The van der Waals surface area contributed by atoms with E-state index in [0.29, 0.717) is 19.1 Å². The molecule has 0 saturated heterocycles. The molecule has 6 nitrogen and oxygen atoms in total. The molecule has 1 aromatic heterocycles. The van der Waals surface area contributed by atoms with Gasteiger partial charge in [-0.1, -0.05) is 24.3 Å². The van der Waals surface area contributed by atoms with Crippen LogP contribution < -0.4 is 9.47 Å². The zero-order valence-electron chi connectivity index (χ0n) is 15.3. The van der Waals surface area contributed by atoms with Crippen LogP contribution in [0.5, 0.6) is 11.5 Å². The number of methoxy groups -OCH3 is 1. The lowest BCUT2D eigenvalue weighted by Crippen LogP contribution is -2.22.